The Balaban J connectivity index is 1.88. The highest BCUT2D eigenvalue weighted by molar-refractivity contribution is 5.98. The van der Waals surface area contributed by atoms with Crippen molar-refractivity contribution >= 4 is 11.7 Å². The molecule has 0 unspecified atom stereocenters. The number of carbonyl (C=O) groups is 1. The van der Waals surface area contributed by atoms with E-state index in [-0.39, 0.29) is 5.91 Å². The first-order chi connectivity index (χ1) is 9.70. The molecule has 110 valence electrons. The maximum absolute atomic E-state index is 11.8. The van der Waals surface area contributed by atoms with E-state index in [0.29, 0.717) is 17.3 Å². The van der Waals surface area contributed by atoms with Crippen molar-refractivity contribution in [3.05, 3.63) is 23.9 Å². The van der Waals surface area contributed by atoms with Crippen LogP contribution in [0.25, 0.3) is 0 Å². The van der Waals surface area contributed by atoms with Gasteiger partial charge in [-0.1, -0.05) is 6.92 Å². The Labute approximate surface area is 120 Å². The molecule has 0 spiro atoms. The minimum atomic E-state index is -0.104. The molecule has 0 bridgehead atoms. The fraction of sp³-hybridized carbons (Fsp3) is 0.600. The summed E-state index contributed by atoms with van der Waals surface area (Å²) < 4.78 is 0. The first-order valence-electron chi connectivity index (χ1n) is 7.34. The Morgan fingerprint density at radius 1 is 1.45 bits per heavy atom. The van der Waals surface area contributed by atoms with Crippen molar-refractivity contribution in [1.82, 2.24) is 15.2 Å². The molecule has 1 aliphatic rings. The quantitative estimate of drug-likeness (QED) is 0.828. The minimum absolute atomic E-state index is 0.104. The second kappa shape index (κ2) is 7.24. The van der Waals surface area contributed by atoms with E-state index in [9.17, 15) is 4.79 Å². The lowest BCUT2D eigenvalue weighted by Gasteiger charge is -2.21. The summed E-state index contributed by atoms with van der Waals surface area (Å²) in [6.45, 7) is 6.61. The first-order valence-corrected chi connectivity index (χ1v) is 7.34. The summed E-state index contributed by atoms with van der Waals surface area (Å²) in [6.07, 6.45) is 4.35. The number of pyridine rings is 1. The van der Waals surface area contributed by atoms with Gasteiger partial charge in [-0.2, -0.15) is 0 Å². The molecule has 1 atom stereocenters. The summed E-state index contributed by atoms with van der Waals surface area (Å²) in [4.78, 5) is 18.5. The van der Waals surface area contributed by atoms with Crippen molar-refractivity contribution in [2.45, 2.75) is 19.8 Å². The number of hydrogen-bond donors (Lipinski definition) is 2. The molecule has 1 saturated heterocycles. The summed E-state index contributed by atoms with van der Waals surface area (Å²) in [6, 6.07) is 3.57. The smallest absolute Gasteiger partial charge is 0.254 e. The van der Waals surface area contributed by atoms with E-state index in [1.807, 2.05) is 0 Å². The van der Waals surface area contributed by atoms with Crippen molar-refractivity contribution in [2.24, 2.45) is 5.92 Å². The first kappa shape index (κ1) is 14.8. The summed E-state index contributed by atoms with van der Waals surface area (Å²) >= 11 is 0. The molecule has 2 N–H and O–H groups in total. The van der Waals surface area contributed by atoms with E-state index >= 15 is 0 Å². The number of aromatic nitrogens is 1. The van der Waals surface area contributed by atoms with Crippen LogP contribution < -0.4 is 10.6 Å². The van der Waals surface area contributed by atoms with Crippen molar-refractivity contribution in [3.63, 3.8) is 0 Å². The van der Waals surface area contributed by atoms with Gasteiger partial charge in [0.1, 0.15) is 5.82 Å². The number of nitrogens with zero attached hydrogens (tertiary/aromatic N) is 2. The number of carbonyl (C=O) groups excluding carboxylic acids is 1. The molecule has 2 rings (SSSR count). The third kappa shape index (κ3) is 3.93. The van der Waals surface area contributed by atoms with Gasteiger partial charge < -0.3 is 15.5 Å². The molecule has 2 heterocycles. The van der Waals surface area contributed by atoms with E-state index in [1.165, 1.54) is 25.9 Å². The molecule has 0 aromatic carbocycles. The summed E-state index contributed by atoms with van der Waals surface area (Å²) in [5.41, 5.74) is 0.600. The standard InChI is InChI=1S/C15H24N4O/c1-12(11-19-8-3-4-9-19)10-18-14-13(15(20)16-2)6-5-7-17-14/h5-7,12H,3-4,8-11H2,1-2H3,(H,16,20)(H,17,18)/t12-/m1/s1. The number of nitrogens with one attached hydrogen (secondary N) is 2. The minimum Gasteiger partial charge on any atom is -0.369 e. The van der Waals surface area contributed by atoms with Crippen LogP contribution in [0.1, 0.15) is 30.1 Å². The molecule has 0 radical (unpaired) electrons. The van der Waals surface area contributed by atoms with E-state index < -0.39 is 0 Å². The van der Waals surface area contributed by atoms with Crippen molar-refractivity contribution in [1.29, 1.82) is 0 Å². The van der Waals surface area contributed by atoms with Gasteiger partial charge in [-0.3, -0.25) is 4.79 Å². The fourth-order valence-corrected chi connectivity index (χ4v) is 2.61. The Bertz CT molecular complexity index is 443. The number of hydrogen-bond acceptors (Lipinski definition) is 4. The van der Waals surface area contributed by atoms with Crippen LogP contribution in [-0.4, -0.2) is 49.0 Å². The molecular weight excluding hydrogens is 252 g/mol. The van der Waals surface area contributed by atoms with Gasteiger partial charge in [-0.25, -0.2) is 4.98 Å². The zero-order valence-corrected chi connectivity index (χ0v) is 12.4. The van der Waals surface area contributed by atoms with Crippen LogP contribution >= 0.6 is 0 Å². The molecule has 5 heteroatoms. The largest absolute Gasteiger partial charge is 0.369 e. The van der Waals surface area contributed by atoms with Gasteiger partial charge in [0.2, 0.25) is 0 Å². The van der Waals surface area contributed by atoms with E-state index in [1.54, 1.807) is 25.4 Å². The Kier molecular flexibility index (Phi) is 5.35. The Hall–Kier alpha value is -1.62. The van der Waals surface area contributed by atoms with Crippen molar-refractivity contribution in [3.8, 4) is 0 Å². The van der Waals surface area contributed by atoms with E-state index in [4.69, 9.17) is 0 Å². The second-order valence-corrected chi connectivity index (χ2v) is 5.47. The molecule has 1 aromatic heterocycles. The average molecular weight is 276 g/mol. The van der Waals surface area contributed by atoms with Gasteiger partial charge in [0.15, 0.2) is 0 Å². The molecular formula is C15H24N4O. The molecule has 1 amide bonds. The number of rotatable bonds is 6. The normalized spacial score (nSPS) is 16.9. The molecule has 20 heavy (non-hydrogen) atoms. The maximum atomic E-state index is 11.8. The summed E-state index contributed by atoms with van der Waals surface area (Å²) in [5.74, 6) is 1.10. The third-order valence-corrected chi connectivity index (χ3v) is 3.67. The molecule has 1 aromatic rings. The Morgan fingerprint density at radius 3 is 2.90 bits per heavy atom. The maximum Gasteiger partial charge on any atom is 0.254 e. The highest BCUT2D eigenvalue weighted by atomic mass is 16.1. The van der Waals surface area contributed by atoms with Gasteiger partial charge >= 0.3 is 0 Å². The highest BCUT2D eigenvalue weighted by Crippen LogP contribution is 2.14. The Morgan fingerprint density at radius 2 is 2.20 bits per heavy atom. The number of likely N-dealkylation sites (tertiary alicyclic amines) is 1. The van der Waals surface area contributed by atoms with Gasteiger partial charge in [0, 0.05) is 26.3 Å². The number of anilines is 1. The average Bonchev–Trinajstić information content (AvgIpc) is 2.97. The van der Waals surface area contributed by atoms with Crippen LogP contribution in [0.2, 0.25) is 0 Å². The van der Waals surface area contributed by atoms with Crippen LogP contribution in [0.5, 0.6) is 0 Å². The van der Waals surface area contributed by atoms with E-state index in [2.05, 4.69) is 27.4 Å². The van der Waals surface area contributed by atoms with Crippen LogP contribution in [0, 0.1) is 5.92 Å². The summed E-state index contributed by atoms with van der Waals surface area (Å²) in [5, 5.41) is 5.94. The molecule has 1 fully saturated rings. The zero-order chi connectivity index (χ0) is 14.4. The second-order valence-electron chi connectivity index (χ2n) is 5.47. The van der Waals surface area contributed by atoms with Crippen LogP contribution in [0.15, 0.2) is 18.3 Å². The number of amides is 1. The van der Waals surface area contributed by atoms with Crippen LogP contribution in [0.3, 0.4) is 0 Å². The summed E-state index contributed by atoms with van der Waals surface area (Å²) in [7, 11) is 1.63. The lowest BCUT2D eigenvalue weighted by Crippen LogP contribution is -2.29. The van der Waals surface area contributed by atoms with Gasteiger partial charge in [-0.05, 0) is 44.0 Å². The van der Waals surface area contributed by atoms with Crippen molar-refractivity contribution in [2.75, 3.05) is 38.5 Å². The van der Waals surface area contributed by atoms with Gasteiger partial charge in [0.05, 0.1) is 5.56 Å². The SMILES string of the molecule is CNC(=O)c1cccnc1NC[C@@H](C)CN1CCCC1. The topological polar surface area (TPSA) is 57.3 Å². The third-order valence-electron chi connectivity index (χ3n) is 3.67. The predicted octanol–water partition coefficient (Wildman–Crippen LogP) is 1.58. The predicted molar refractivity (Wildman–Crippen MR) is 81.0 cm³/mol. The highest BCUT2D eigenvalue weighted by Gasteiger charge is 2.15. The lowest BCUT2D eigenvalue weighted by atomic mass is 10.1. The van der Waals surface area contributed by atoms with Crippen LogP contribution in [0.4, 0.5) is 5.82 Å². The molecule has 0 aliphatic carbocycles. The molecule has 5 nitrogen and oxygen atoms in total. The fourth-order valence-electron chi connectivity index (χ4n) is 2.61. The molecule has 1 aliphatic heterocycles. The van der Waals surface area contributed by atoms with Crippen LogP contribution in [-0.2, 0) is 0 Å². The van der Waals surface area contributed by atoms with Crippen molar-refractivity contribution < 1.29 is 4.79 Å². The molecule has 0 saturated carbocycles. The monoisotopic (exact) mass is 276 g/mol. The lowest BCUT2D eigenvalue weighted by molar-refractivity contribution is 0.0963. The van der Waals surface area contributed by atoms with E-state index in [0.717, 1.165) is 13.1 Å². The van der Waals surface area contributed by atoms with Gasteiger partial charge in [0.25, 0.3) is 5.91 Å². The van der Waals surface area contributed by atoms with Gasteiger partial charge in [-0.15, -0.1) is 0 Å². The zero-order valence-electron chi connectivity index (χ0n) is 12.4.